The molecule has 0 aliphatic rings. The van der Waals surface area contributed by atoms with Crippen LogP contribution in [0.5, 0.6) is 0 Å². The molecular weight excluding hydrogens is 214 g/mol. The van der Waals surface area contributed by atoms with Gasteiger partial charge in [-0.3, -0.25) is 9.59 Å². The van der Waals surface area contributed by atoms with Crippen LogP contribution in [0.2, 0.25) is 5.02 Å². The van der Waals surface area contributed by atoms with Crippen LogP contribution in [0.3, 0.4) is 0 Å². The average molecular weight is 226 g/mol. The number of amides is 1. The summed E-state index contributed by atoms with van der Waals surface area (Å²) in [6.07, 6.45) is -0.0956. The Labute approximate surface area is 93.4 Å². The Morgan fingerprint density at radius 1 is 1.40 bits per heavy atom. The lowest BCUT2D eigenvalue weighted by molar-refractivity contribution is -0.124. The number of rotatable bonds is 3. The molecule has 0 heterocycles. The quantitative estimate of drug-likeness (QED) is 0.804. The van der Waals surface area contributed by atoms with Gasteiger partial charge in [-0.25, -0.2) is 0 Å². The molecule has 1 aromatic carbocycles. The summed E-state index contributed by atoms with van der Waals surface area (Å²) < 4.78 is 0. The van der Waals surface area contributed by atoms with E-state index in [-0.39, 0.29) is 18.1 Å². The number of Topliss-reactive ketones (excluding diaryl/α,β-unsaturated/α-hetero) is 1. The Bertz CT molecular complexity index is 402. The first-order valence-electron chi connectivity index (χ1n) is 4.54. The summed E-state index contributed by atoms with van der Waals surface area (Å²) >= 11 is 5.83. The summed E-state index contributed by atoms with van der Waals surface area (Å²) in [6, 6.07) is 5.17. The van der Waals surface area contributed by atoms with Crippen molar-refractivity contribution in [2.24, 2.45) is 0 Å². The second kappa shape index (κ2) is 4.94. The number of anilines is 1. The van der Waals surface area contributed by atoms with Crippen molar-refractivity contribution in [2.45, 2.75) is 20.3 Å². The maximum Gasteiger partial charge on any atom is 0.231 e. The van der Waals surface area contributed by atoms with Crippen LogP contribution in [-0.4, -0.2) is 11.7 Å². The van der Waals surface area contributed by atoms with Crippen LogP contribution in [0.1, 0.15) is 18.9 Å². The van der Waals surface area contributed by atoms with Gasteiger partial charge in [0.1, 0.15) is 5.78 Å². The van der Waals surface area contributed by atoms with Crippen molar-refractivity contribution in [3.63, 3.8) is 0 Å². The van der Waals surface area contributed by atoms with Gasteiger partial charge in [-0.1, -0.05) is 11.6 Å². The molecule has 1 N–H and O–H groups in total. The fraction of sp³-hybridized carbons (Fsp3) is 0.273. The van der Waals surface area contributed by atoms with Gasteiger partial charge in [0.2, 0.25) is 5.91 Å². The number of halogens is 1. The second-order valence-corrected chi connectivity index (χ2v) is 3.80. The summed E-state index contributed by atoms with van der Waals surface area (Å²) in [7, 11) is 0. The van der Waals surface area contributed by atoms with Crippen molar-refractivity contribution in [1.29, 1.82) is 0 Å². The van der Waals surface area contributed by atoms with Gasteiger partial charge < -0.3 is 5.32 Å². The third-order valence-electron chi connectivity index (χ3n) is 1.85. The first-order chi connectivity index (χ1) is 6.99. The normalized spacial score (nSPS) is 9.80. The summed E-state index contributed by atoms with van der Waals surface area (Å²) in [5.41, 5.74) is 1.54. The minimum absolute atomic E-state index is 0.0956. The number of benzene rings is 1. The fourth-order valence-corrected chi connectivity index (χ4v) is 1.27. The molecule has 0 fully saturated rings. The zero-order valence-corrected chi connectivity index (χ0v) is 9.39. The number of carbonyl (C=O) groups is 2. The van der Waals surface area contributed by atoms with E-state index < -0.39 is 0 Å². The van der Waals surface area contributed by atoms with Crippen molar-refractivity contribution in [1.82, 2.24) is 0 Å². The minimum atomic E-state index is -0.302. The molecule has 4 heteroatoms. The molecule has 1 amide bonds. The van der Waals surface area contributed by atoms with Gasteiger partial charge in [-0.15, -0.1) is 0 Å². The zero-order chi connectivity index (χ0) is 11.4. The van der Waals surface area contributed by atoms with Gasteiger partial charge in [-0.05, 0) is 37.6 Å². The molecule has 0 saturated carbocycles. The molecule has 0 radical (unpaired) electrons. The Morgan fingerprint density at radius 3 is 2.60 bits per heavy atom. The Hall–Kier alpha value is -1.35. The van der Waals surface area contributed by atoms with Gasteiger partial charge in [0.05, 0.1) is 6.42 Å². The Balaban J connectivity index is 2.69. The molecule has 15 heavy (non-hydrogen) atoms. The van der Waals surface area contributed by atoms with E-state index in [0.29, 0.717) is 10.7 Å². The molecule has 0 saturated heterocycles. The fourth-order valence-electron chi connectivity index (χ4n) is 1.15. The summed E-state index contributed by atoms with van der Waals surface area (Å²) in [5.74, 6) is -0.456. The monoisotopic (exact) mass is 225 g/mol. The van der Waals surface area contributed by atoms with E-state index in [1.165, 1.54) is 6.92 Å². The predicted octanol–water partition coefficient (Wildman–Crippen LogP) is 2.57. The van der Waals surface area contributed by atoms with E-state index in [9.17, 15) is 9.59 Å². The predicted molar refractivity (Wildman–Crippen MR) is 60.1 cm³/mol. The first-order valence-corrected chi connectivity index (χ1v) is 4.92. The molecule has 0 bridgehead atoms. The van der Waals surface area contributed by atoms with Crippen LogP contribution in [0, 0.1) is 6.92 Å². The van der Waals surface area contributed by atoms with E-state index in [1.54, 1.807) is 18.2 Å². The minimum Gasteiger partial charge on any atom is -0.326 e. The van der Waals surface area contributed by atoms with Crippen molar-refractivity contribution < 1.29 is 9.59 Å². The number of nitrogens with one attached hydrogen (secondary N) is 1. The number of hydrogen-bond donors (Lipinski definition) is 1. The molecule has 80 valence electrons. The van der Waals surface area contributed by atoms with Crippen molar-refractivity contribution >= 4 is 29.0 Å². The maximum atomic E-state index is 11.3. The van der Waals surface area contributed by atoms with Gasteiger partial charge in [0.15, 0.2) is 0 Å². The standard InChI is InChI=1S/C11H12ClNO2/c1-7-5-9(3-4-10(7)12)13-11(15)6-8(2)14/h3-5H,6H2,1-2H3,(H,13,15). The molecule has 0 aromatic heterocycles. The number of ketones is 1. The lowest BCUT2D eigenvalue weighted by Crippen LogP contribution is -2.14. The smallest absolute Gasteiger partial charge is 0.231 e. The zero-order valence-electron chi connectivity index (χ0n) is 8.63. The van der Waals surface area contributed by atoms with Crippen LogP contribution in [0.4, 0.5) is 5.69 Å². The van der Waals surface area contributed by atoms with Crippen LogP contribution < -0.4 is 5.32 Å². The molecule has 1 aromatic rings. The van der Waals surface area contributed by atoms with Crippen molar-refractivity contribution in [3.8, 4) is 0 Å². The number of hydrogen-bond acceptors (Lipinski definition) is 2. The largest absolute Gasteiger partial charge is 0.326 e. The second-order valence-electron chi connectivity index (χ2n) is 3.39. The Morgan fingerprint density at radius 2 is 2.07 bits per heavy atom. The highest BCUT2D eigenvalue weighted by atomic mass is 35.5. The molecule has 0 aliphatic carbocycles. The molecule has 0 unspecified atom stereocenters. The number of aryl methyl sites for hydroxylation is 1. The topological polar surface area (TPSA) is 46.2 Å². The molecule has 0 atom stereocenters. The lowest BCUT2D eigenvalue weighted by atomic mass is 10.2. The molecule has 0 spiro atoms. The van der Waals surface area contributed by atoms with Crippen LogP contribution in [-0.2, 0) is 9.59 Å². The van der Waals surface area contributed by atoms with Crippen LogP contribution in [0.25, 0.3) is 0 Å². The van der Waals surface area contributed by atoms with Crippen molar-refractivity contribution in [2.75, 3.05) is 5.32 Å². The van der Waals surface area contributed by atoms with Crippen molar-refractivity contribution in [3.05, 3.63) is 28.8 Å². The highest BCUT2D eigenvalue weighted by Gasteiger charge is 2.05. The average Bonchev–Trinajstić information content (AvgIpc) is 2.10. The van der Waals surface area contributed by atoms with E-state index >= 15 is 0 Å². The highest BCUT2D eigenvalue weighted by Crippen LogP contribution is 2.19. The Kier molecular flexibility index (Phi) is 3.86. The van der Waals surface area contributed by atoms with Gasteiger partial charge in [0.25, 0.3) is 0 Å². The summed E-state index contributed by atoms with van der Waals surface area (Å²) in [4.78, 5) is 21.9. The molecule has 0 aliphatic heterocycles. The molecule has 1 rings (SSSR count). The van der Waals surface area contributed by atoms with Crippen LogP contribution >= 0.6 is 11.6 Å². The third-order valence-corrected chi connectivity index (χ3v) is 2.28. The van der Waals surface area contributed by atoms with E-state index in [1.807, 2.05) is 6.92 Å². The maximum absolute atomic E-state index is 11.3. The third kappa shape index (κ3) is 3.72. The van der Waals surface area contributed by atoms with Crippen LogP contribution in [0.15, 0.2) is 18.2 Å². The van der Waals surface area contributed by atoms with E-state index in [0.717, 1.165) is 5.56 Å². The lowest BCUT2D eigenvalue weighted by Gasteiger charge is -2.05. The van der Waals surface area contributed by atoms with E-state index in [2.05, 4.69) is 5.32 Å². The van der Waals surface area contributed by atoms with Gasteiger partial charge in [-0.2, -0.15) is 0 Å². The van der Waals surface area contributed by atoms with Gasteiger partial charge in [0, 0.05) is 10.7 Å². The molecular formula is C11H12ClNO2. The number of carbonyl (C=O) groups excluding carboxylic acids is 2. The summed E-state index contributed by atoms with van der Waals surface area (Å²) in [5, 5.41) is 3.28. The molecule has 3 nitrogen and oxygen atoms in total. The van der Waals surface area contributed by atoms with E-state index in [4.69, 9.17) is 11.6 Å². The van der Waals surface area contributed by atoms with Gasteiger partial charge >= 0.3 is 0 Å². The highest BCUT2D eigenvalue weighted by molar-refractivity contribution is 6.31. The SMILES string of the molecule is CC(=O)CC(=O)Nc1ccc(Cl)c(C)c1. The first kappa shape index (κ1) is 11.7. The summed E-state index contributed by atoms with van der Waals surface area (Å²) in [6.45, 7) is 3.23.